The Morgan fingerprint density at radius 3 is 2.30 bits per heavy atom. The van der Waals surface area contributed by atoms with Crippen molar-refractivity contribution in [2.75, 3.05) is 18.1 Å². The zero-order chi connectivity index (χ0) is 14.8. The number of nitrogens with one attached hydrogen (secondary N) is 1. The molecule has 0 aromatic carbocycles. The third-order valence-corrected chi connectivity index (χ3v) is 6.33. The monoisotopic (exact) mass is 303 g/mol. The quantitative estimate of drug-likeness (QED) is 0.663. The van der Waals surface area contributed by atoms with Gasteiger partial charge in [-0.1, -0.05) is 39.5 Å². The molecule has 0 heterocycles. The largest absolute Gasteiger partial charge is 0.314 e. The zero-order valence-corrected chi connectivity index (χ0v) is 14.2. The van der Waals surface area contributed by atoms with E-state index in [0.29, 0.717) is 11.8 Å². The van der Waals surface area contributed by atoms with Crippen molar-refractivity contribution >= 4 is 9.84 Å². The van der Waals surface area contributed by atoms with Crippen LogP contribution in [0.4, 0.5) is 0 Å². The van der Waals surface area contributed by atoms with Crippen LogP contribution >= 0.6 is 0 Å². The highest BCUT2D eigenvalue weighted by Gasteiger charge is 2.22. The van der Waals surface area contributed by atoms with Gasteiger partial charge in [-0.2, -0.15) is 0 Å². The van der Waals surface area contributed by atoms with Crippen molar-refractivity contribution in [2.24, 2.45) is 5.92 Å². The van der Waals surface area contributed by atoms with Crippen molar-refractivity contribution in [2.45, 2.75) is 77.7 Å². The number of sulfone groups is 1. The van der Waals surface area contributed by atoms with E-state index in [4.69, 9.17) is 0 Å². The summed E-state index contributed by atoms with van der Waals surface area (Å²) < 4.78 is 23.2. The van der Waals surface area contributed by atoms with Crippen molar-refractivity contribution in [1.29, 1.82) is 0 Å². The highest BCUT2D eigenvalue weighted by atomic mass is 32.2. The van der Waals surface area contributed by atoms with Crippen LogP contribution in [0.15, 0.2) is 0 Å². The van der Waals surface area contributed by atoms with Gasteiger partial charge >= 0.3 is 0 Å². The molecule has 1 aliphatic rings. The predicted molar refractivity (Wildman–Crippen MR) is 86.8 cm³/mol. The summed E-state index contributed by atoms with van der Waals surface area (Å²) in [6.45, 7) is 4.99. The summed E-state index contributed by atoms with van der Waals surface area (Å²) in [4.78, 5) is 0. The molecule has 4 heteroatoms. The molecule has 1 atom stereocenters. The van der Waals surface area contributed by atoms with E-state index >= 15 is 0 Å². The van der Waals surface area contributed by atoms with Gasteiger partial charge < -0.3 is 5.32 Å². The van der Waals surface area contributed by atoms with Gasteiger partial charge in [0, 0.05) is 11.8 Å². The maximum absolute atomic E-state index is 11.6. The molecule has 1 fully saturated rings. The van der Waals surface area contributed by atoms with Gasteiger partial charge in [0.1, 0.15) is 9.84 Å². The second kappa shape index (κ2) is 9.78. The fourth-order valence-corrected chi connectivity index (χ4v) is 4.11. The minimum Gasteiger partial charge on any atom is -0.314 e. The number of hydrogen-bond acceptors (Lipinski definition) is 3. The molecule has 1 saturated carbocycles. The molecular weight excluding hydrogens is 270 g/mol. The van der Waals surface area contributed by atoms with Crippen molar-refractivity contribution in [1.82, 2.24) is 5.32 Å². The number of hydrogen-bond donors (Lipinski definition) is 1. The highest BCUT2D eigenvalue weighted by Crippen LogP contribution is 2.27. The third kappa shape index (κ3) is 7.07. The Balaban J connectivity index is 2.45. The predicted octanol–water partition coefficient (Wildman–Crippen LogP) is 3.54. The van der Waals surface area contributed by atoms with Gasteiger partial charge in [-0.05, 0) is 44.6 Å². The molecule has 0 saturated heterocycles. The summed E-state index contributed by atoms with van der Waals surface area (Å²) in [6.07, 6.45) is 11.1. The first-order chi connectivity index (χ1) is 9.59. The average molecular weight is 304 g/mol. The van der Waals surface area contributed by atoms with Crippen LogP contribution in [0.2, 0.25) is 0 Å². The second-order valence-electron chi connectivity index (χ2n) is 6.19. The molecule has 20 heavy (non-hydrogen) atoms. The van der Waals surface area contributed by atoms with Crippen LogP contribution in [0.25, 0.3) is 0 Å². The van der Waals surface area contributed by atoms with Crippen molar-refractivity contribution in [3.63, 3.8) is 0 Å². The molecule has 0 aromatic rings. The van der Waals surface area contributed by atoms with Crippen molar-refractivity contribution in [3.05, 3.63) is 0 Å². The third-order valence-electron chi connectivity index (χ3n) is 4.54. The summed E-state index contributed by atoms with van der Waals surface area (Å²) in [6, 6.07) is 0.528. The normalized spacial score (nSPS) is 19.7. The fourth-order valence-electron chi connectivity index (χ4n) is 3.21. The van der Waals surface area contributed by atoms with Crippen LogP contribution in [-0.4, -0.2) is 32.5 Å². The van der Waals surface area contributed by atoms with Crippen LogP contribution in [0, 0.1) is 5.92 Å². The first-order valence-electron chi connectivity index (χ1n) is 8.53. The smallest absolute Gasteiger partial charge is 0.150 e. The summed E-state index contributed by atoms with van der Waals surface area (Å²) in [7, 11) is -2.80. The molecule has 1 aliphatic carbocycles. The van der Waals surface area contributed by atoms with Crippen LogP contribution in [0.3, 0.4) is 0 Å². The topological polar surface area (TPSA) is 46.2 Å². The molecule has 0 aliphatic heterocycles. The van der Waals surface area contributed by atoms with Gasteiger partial charge in [0.2, 0.25) is 0 Å². The summed E-state index contributed by atoms with van der Waals surface area (Å²) >= 11 is 0. The molecule has 0 bridgehead atoms. The molecule has 0 spiro atoms. The first-order valence-corrected chi connectivity index (χ1v) is 10.3. The van der Waals surface area contributed by atoms with E-state index in [1.54, 1.807) is 6.92 Å². The highest BCUT2D eigenvalue weighted by molar-refractivity contribution is 7.91. The van der Waals surface area contributed by atoms with Crippen molar-refractivity contribution in [3.8, 4) is 0 Å². The van der Waals surface area contributed by atoms with Gasteiger partial charge in [0.05, 0.1) is 5.75 Å². The Morgan fingerprint density at radius 2 is 1.75 bits per heavy atom. The van der Waals surface area contributed by atoms with E-state index in [9.17, 15) is 8.42 Å². The lowest BCUT2D eigenvalue weighted by Crippen LogP contribution is -2.37. The van der Waals surface area contributed by atoms with Crippen LogP contribution in [0.5, 0.6) is 0 Å². The lowest BCUT2D eigenvalue weighted by atomic mass is 9.89. The van der Waals surface area contributed by atoms with Gasteiger partial charge in [-0.3, -0.25) is 0 Å². The SMILES string of the molecule is CCCNC(CCCS(=O)(=O)CC)C1CCCCCC1. The molecular formula is C16H33NO2S. The first kappa shape index (κ1) is 18.0. The van der Waals surface area contributed by atoms with E-state index in [1.807, 2.05) is 0 Å². The van der Waals surface area contributed by atoms with E-state index in [2.05, 4.69) is 12.2 Å². The molecule has 120 valence electrons. The molecule has 0 radical (unpaired) electrons. The molecule has 3 nitrogen and oxygen atoms in total. The minimum atomic E-state index is -2.80. The van der Waals surface area contributed by atoms with Crippen LogP contribution < -0.4 is 5.32 Å². The number of rotatable bonds is 9. The van der Waals surface area contributed by atoms with Gasteiger partial charge in [0.15, 0.2) is 0 Å². The van der Waals surface area contributed by atoms with E-state index in [0.717, 1.165) is 31.7 Å². The van der Waals surface area contributed by atoms with E-state index < -0.39 is 9.84 Å². The van der Waals surface area contributed by atoms with Crippen molar-refractivity contribution < 1.29 is 8.42 Å². The maximum atomic E-state index is 11.6. The van der Waals surface area contributed by atoms with E-state index in [-0.39, 0.29) is 5.75 Å². The molecule has 0 aromatic heterocycles. The summed E-state index contributed by atoms with van der Waals surface area (Å²) in [5.41, 5.74) is 0. The second-order valence-corrected chi connectivity index (χ2v) is 8.66. The van der Waals surface area contributed by atoms with Gasteiger partial charge in [0.25, 0.3) is 0 Å². The Bertz CT molecular complexity index is 332. The summed E-state index contributed by atoms with van der Waals surface area (Å²) in [5, 5.41) is 3.68. The summed E-state index contributed by atoms with van der Waals surface area (Å²) in [5.74, 6) is 1.40. The van der Waals surface area contributed by atoms with Crippen LogP contribution in [0.1, 0.15) is 71.6 Å². The van der Waals surface area contributed by atoms with Gasteiger partial charge in [-0.15, -0.1) is 0 Å². The Kier molecular flexibility index (Phi) is 8.78. The lowest BCUT2D eigenvalue weighted by molar-refractivity contribution is 0.303. The Hall–Kier alpha value is -0.0900. The standard InChI is InChI=1S/C16H33NO2S/c1-3-13-17-16(12-9-14-20(18,19)4-2)15-10-7-5-6-8-11-15/h15-17H,3-14H2,1-2H3. The Morgan fingerprint density at radius 1 is 1.10 bits per heavy atom. The van der Waals surface area contributed by atoms with Crippen LogP contribution in [-0.2, 0) is 9.84 Å². The average Bonchev–Trinajstić information content (AvgIpc) is 2.71. The fraction of sp³-hybridized carbons (Fsp3) is 1.00. The molecule has 0 amide bonds. The molecule has 1 unspecified atom stereocenters. The maximum Gasteiger partial charge on any atom is 0.150 e. The molecule has 1 N–H and O–H groups in total. The minimum absolute atomic E-state index is 0.281. The lowest BCUT2D eigenvalue weighted by Gasteiger charge is -2.27. The zero-order valence-electron chi connectivity index (χ0n) is 13.4. The van der Waals surface area contributed by atoms with E-state index in [1.165, 1.54) is 38.5 Å². The molecule has 1 rings (SSSR count). The van der Waals surface area contributed by atoms with Gasteiger partial charge in [-0.25, -0.2) is 8.42 Å². The Labute approximate surface area is 125 Å².